The van der Waals surface area contributed by atoms with Crippen LogP contribution >= 0.6 is 0 Å². The van der Waals surface area contributed by atoms with Gasteiger partial charge in [0.15, 0.2) is 8.32 Å². The van der Waals surface area contributed by atoms with Gasteiger partial charge in [-0.1, -0.05) is 13.8 Å². The molecule has 4 nitrogen and oxygen atoms in total. The molecule has 17 heavy (non-hydrogen) atoms. The van der Waals surface area contributed by atoms with Crippen molar-refractivity contribution in [1.29, 1.82) is 0 Å². The molecule has 0 saturated carbocycles. The Balaban J connectivity index is 4.70. The topological polar surface area (TPSA) is 75.4 Å². The lowest BCUT2D eigenvalue weighted by Crippen LogP contribution is -2.43. The molecular formula is C12H28N2O2Si. The predicted octanol–water partition coefficient (Wildman–Crippen LogP) is 1.46. The first-order chi connectivity index (χ1) is 7.65. The van der Waals surface area contributed by atoms with Crippen molar-refractivity contribution in [2.75, 3.05) is 13.1 Å². The summed E-state index contributed by atoms with van der Waals surface area (Å²) < 4.78 is 0. The van der Waals surface area contributed by atoms with Crippen LogP contribution in [-0.2, 0) is 4.79 Å². The Hall–Kier alpha value is -0.393. The van der Waals surface area contributed by atoms with Gasteiger partial charge < -0.3 is 15.8 Å². The molecule has 0 aromatic rings. The van der Waals surface area contributed by atoms with E-state index >= 15 is 0 Å². The van der Waals surface area contributed by atoms with Crippen LogP contribution in [-0.4, -0.2) is 32.1 Å². The maximum atomic E-state index is 11.9. The summed E-state index contributed by atoms with van der Waals surface area (Å²) >= 11 is 0. The molecular weight excluding hydrogens is 232 g/mol. The van der Waals surface area contributed by atoms with E-state index in [4.69, 9.17) is 5.73 Å². The summed E-state index contributed by atoms with van der Waals surface area (Å²) in [5, 5.41) is 2.66. The number of nitrogens with one attached hydrogen (secondary N) is 1. The summed E-state index contributed by atoms with van der Waals surface area (Å²) in [6, 6.07) is 0. The third-order valence-corrected chi connectivity index (χ3v) is 7.17. The number of amides is 1. The van der Waals surface area contributed by atoms with Crippen molar-refractivity contribution in [2.45, 2.75) is 51.7 Å². The summed E-state index contributed by atoms with van der Waals surface area (Å²) in [6.07, 6.45) is 1.38. The van der Waals surface area contributed by atoms with Crippen LogP contribution in [0.4, 0.5) is 0 Å². The molecule has 0 saturated heterocycles. The van der Waals surface area contributed by atoms with Crippen molar-refractivity contribution in [2.24, 2.45) is 11.7 Å². The van der Waals surface area contributed by atoms with Crippen LogP contribution in [0.5, 0.6) is 0 Å². The van der Waals surface area contributed by atoms with Gasteiger partial charge in [0.05, 0.1) is 0 Å². The third-order valence-electron chi connectivity index (χ3n) is 3.65. The Morgan fingerprint density at radius 2 is 2.00 bits per heavy atom. The average Bonchev–Trinajstić information content (AvgIpc) is 2.15. The number of nitrogens with two attached hydrogens (primary N) is 1. The van der Waals surface area contributed by atoms with E-state index in [-0.39, 0.29) is 16.9 Å². The first-order valence-corrected chi connectivity index (χ1v) is 9.30. The van der Waals surface area contributed by atoms with E-state index in [1.807, 2.05) is 33.9 Å². The van der Waals surface area contributed by atoms with E-state index in [0.717, 1.165) is 0 Å². The van der Waals surface area contributed by atoms with E-state index in [1.165, 1.54) is 0 Å². The van der Waals surface area contributed by atoms with Crippen LogP contribution in [0.1, 0.15) is 33.6 Å². The minimum Gasteiger partial charge on any atom is -0.432 e. The summed E-state index contributed by atoms with van der Waals surface area (Å²) in [5.41, 5.74) is 5.56. The first-order valence-electron chi connectivity index (χ1n) is 6.36. The van der Waals surface area contributed by atoms with E-state index < -0.39 is 8.32 Å². The van der Waals surface area contributed by atoms with Crippen molar-refractivity contribution >= 4 is 14.2 Å². The van der Waals surface area contributed by atoms with E-state index in [1.54, 1.807) is 0 Å². The Labute approximate surface area is 106 Å². The van der Waals surface area contributed by atoms with Gasteiger partial charge in [-0.05, 0) is 44.4 Å². The lowest BCUT2D eigenvalue weighted by Gasteiger charge is -2.37. The largest absolute Gasteiger partial charge is 0.432 e. The number of carbonyl (C=O) groups excluding carboxylic acids is 1. The maximum absolute atomic E-state index is 11.9. The number of carbonyl (C=O) groups is 1. The maximum Gasteiger partial charge on any atom is 0.223 e. The minimum absolute atomic E-state index is 0.0595. The smallest absolute Gasteiger partial charge is 0.223 e. The van der Waals surface area contributed by atoms with Gasteiger partial charge in [0.1, 0.15) is 0 Å². The molecule has 0 fully saturated rings. The average molecular weight is 260 g/mol. The third kappa shape index (κ3) is 5.19. The van der Waals surface area contributed by atoms with Gasteiger partial charge >= 0.3 is 0 Å². The second kappa shape index (κ2) is 6.52. The second-order valence-electron chi connectivity index (χ2n) is 5.82. The molecule has 0 spiro atoms. The highest BCUT2D eigenvalue weighted by Gasteiger charge is 2.40. The monoisotopic (exact) mass is 260 g/mol. The highest BCUT2D eigenvalue weighted by molar-refractivity contribution is 6.72. The number of hydrogen-bond donors (Lipinski definition) is 3. The quantitative estimate of drug-likeness (QED) is 0.607. The Bertz CT molecular complexity index is 249. The van der Waals surface area contributed by atoms with Gasteiger partial charge in [-0.25, -0.2) is 0 Å². The van der Waals surface area contributed by atoms with Gasteiger partial charge in [0.25, 0.3) is 0 Å². The van der Waals surface area contributed by atoms with Crippen LogP contribution in [0.15, 0.2) is 0 Å². The molecule has 0 rings (SSSR count). The Morgan fingerprint density at radius 1 is 1.47 bits per heavy atom. The molecule has 102 valence electrons. The van der Waals surface area contributed by atoms with Gasteiger partial charge in [0, 0.05) is 12.5 Å². The molecule has 0 heterocycles. The molecule has 0 aliphatic carbocycles. The molecule has 0 bridgehead atoms. The van der Waals surface area contributed by atoms with E-state index in [9.17, 15) is 9.59 Å². The standard InChI is InChI=1S/C12H28N2O2Si/c1-6-14-11(15)10(7-8-13)9-12(2,3)17(4,5)16/h10,16H,6-9,13H2,1-5H3,(H,14,15). The summed E-state index contributed by atoms with van der Waals surface area (Å²) in [7, 11) is -2.27. The van der Waals surface area contributed by atoms with Crippen molar-refractivity contribution in [3.63, 3.8) is 0 Å². The zero-order chi connectivity index (χ0) is 13.7. The molecule has 0 aliphatic heterocycles. The van der Waals surface area contributed by atoms with Crippen LogP contribution in [0.25, 0.3) is 0 Å². The fourth-order valence-electron chi connectivity index (χ4n) is 1.71. The zero-order valence-corrected chi connectivity index (χ0v) is 12.8. The fourth-order valence-corrected chi connectivity index (χ4v) is 2.46. The molecule has 1 unspecified atom stereocenters. The van der Waals surface area contributed by atoms with Gasteiger partial charge in [-0.3, -0.25) is 4.79 Å². The molecule has 0 aromatic heterocycles. The van der Waals surface area contributed by atoms with Crippen molar-refractivity contribution in [3.8, 4) is 0 Å². The molecule has 0 aromatic carbocycles. The molecule has 1 atom stereocenters. The van der Waals surface area contributed by atoms with Gasteiger partial charge in [0.2, 0.25) is 5.91 Å². The SMILES string of the molecule is CCNC(=O)C(CCN)CC(C)(C)[Si](C)(C)O. The molecule has 4 N–H and O–H groups in total. The van der Waals surface area contributed by atoms with Crippen molar-refractivity contribution < 1.29 is 9.59 Å². The minimum atomic E-state index is -2.27. The van der Waals surface area contributed by atoms with Crippen LogP contribution < -0.4 is 11.1 Å². The van der Waals surface area contributed by atoms with Crippen molar-refractivity contribution in [1.82, 2.24) is 5.32 Å². The first kappa shape index (κ1) is 16.6. The van der Waals surface area contributed by atoms with Crippen molar-refractivity contribution in [3.05, 3.63) is 0 Å². The molecule has 5 heteroatoms. The fraction of sp³-hybridized carbons (Fsp3) is 0.917. The van der Waals surface area contributed by atoms with E-state index in [0.29, 0.717) is 25.9 Å². The van der Waals surface area contributed by atoms with Gasteiger partial charge in [-0.15, -0.1) is 0 Å². The summed E-state index contributed by atoms with van der Waals surface area (Å²) in [4.78, 5) is 22.2. The normalized spacial score (nSPS) is 14.5. The van der Waals surface area contributed by atoms with Crippen LogP contribution in [0.3, 0.4) is 0 Å². The molecule has 1 amide bonds. The highest BCUT2D eigenvalue weighted by atomic mass is 28.4. The van der Waals surface area contributed by atoms with Crippen LogP contribution in [0, 0.1) is 5.92 Å². The summed E-state index contributed by atoms with van der Waals surface area (Å²) in [5.74, 6) is -0.0295. The molecule has 0 radical (unpaired) electrons. The lowest BCUT2D eigenvalue weighted by atomic mass is 9.92. The van der Waals surface area contributed by atoms with E-state index in [2.05, 4.69) is 5.32 Å². The zero-order valence-electron chi connectivity index (χ0n) is 11.8. The second-order valence-corrected chi connectivity index (χ2v) is 10.3. The Kier molecular flexibility index (Phi) is 6.36. The molecule has 0 aliphatic rings. The van der Waals surface area contributed by atoms with Gasteiger partial charge in [-0.2, -0.15) is 0 Å². The van der Waals surface area contributed by atoms with Crippen LogP contribution in [0.2, 0.25) is 18.1 Å². The lowest BCUT2D eigenvalue weighted by molar-refractivity contribution is -0.125. The highest BCUT2D eigenvalue weighted by Crippen LogP contribution is 2.42. The number of hydrogen-bond acceptors (Lipinski definition) is 3. The Morgan fingerprint density at radius 3 is 2.35 bits per heavy atom. The predicted molar refractivity (Wildman–Crippen MR) is 74.2 cm³/mol. The summed E-state index contributed by atoms with van der Waals surface area (Å²) in [6.45, 7) is 11.0. The number of rotatable bonds is 7.